The molecule has 0 saturated carbocycles. The van der Waals surface area contributed by atoms with Crippen LogP contribution < -0.4 is 9.64 Å². The van der Waals surface area contributed by atoms with Crippen LogP contribution in [0.2, 0.25) is 0 Å². The number of rotatable bonds is 6. The van der Waals surface area contributed by atoms with Crippen molar-refractivity contribution < 1.29 is 9.47 Å². The van der Waals surface area contributed by atoms with E-state index in [1.165, 1.54) is 49.2 Å². The number of likely N-dealkylation sites (tertiary alicyclic amines) is 1. The third-order valence-electron chi connectivity index (χ3n) is 7.63. The molecule has 2 fully saturated rings. The Labute approximate surface area is 193 Å². The molecule has 0 amide bonds. The predicted octanol–water partition coefficient (Wildman–Crippen LogP) is 5.70. The normalized spacial score (nSPS) is 22.1. The molecule has 3 aliphatic rings. The van der Waals surface area contributed by atoms with Crippen molar-refractivity contribution >= 4 is 5.69 Å². The number of nitrogens with zero attached hydrogens (tertiary/aromatic N) is 2. The van der Waals surface area contributed by atoms with Crippen LogP contribution in [0.3, 0.4) is 0 Å². The topological polar surface area (TPSA) is 24.9 Å². The monoisotopic (exact) mass is 434 g/mol. The van der Waals surface area contributed by atoms with Gasteiger partial charge in [0.2, 0.25) is 0 Å². The van der Waals surface area contributed by atoms with E-state index in [2.05, 4.69) is 72.2 Å². The zero-order chi connectivity index (χ0) is 22.0. The molecule has 0 N–H and O–H groups in total. The van der Waals surface area contributed by atoms with Crippen molar-refractivity contribution in [3.05, 3.63) is 59.7 Å². The summed E-state index contributed by atoms with van der Waals surface area (Å²) in [6, 6.07) is 17.5. The largest absolute Gasteiger partial charge is 0.494 e. The molecule has 0 atom stereocenters. The highest BCUT2D eigenvalue weighted by Crippen LogP contribution is 2.52. The van der Waals surface area contributed by atoms with E-state index in [4.69, 9.17) is 9.47 Å². The predicted molar refractivity (Wildman–Crippen MR) is 131 cm³/mol. The zero-order valence-electron chi connectivity index (χ0n) is 19.8. The van der Waals surface area contributed by atoms with Crippen LogP contribution in [0.1, 0.15) is 63.5 Å². The molecule has 3 heterocycles. The third-order valence-corrected chi connectivity index (χ3v) is 7.63. The first-order valence-electron chi connectivity index (χ1n) is 12.6. The number of hydrogen-bond donors (Lipinski definition) is 0. The summed E-state index contributed by atoms with van der Waals surface area (Å²) < 4.78 is 12.7. The van der Waals surface area contributed by atoms with Crippen LogP contribution >= 0.6 is 0 Å². The Hall–Kier alpha value is -2.04. The van der Waals surface area contributed by atoms with Crippen LogP contribution in [0.15, 0.2) is 48.5 Å². The van der Waals surface area contributed by atoms with Crippen molar-refractivity contribution in [2.75, 3.05) is 44.2 Å². The highest BCUT2D eigenvalue weighted by molar-refractivity contribution is 5.50. The lowest BCUT2D eigenvalue weighted by Crippen LogP contribution is -2.43. The molecule has 0 bridgehead atoms. The minimum atomic E-state index is -0.203. The second-order valence-corrected chi connectivity index (χ2v) is 10.2. The van der Waals surface area contributed by atoms with Gasteiger partial charge in [0.15, 0.2) is 0 Å². The van der Waals surface area contributed by atoms with Gasteiger partial charge in [0.05, 0.1) is 17.8 Å². The van der Waals surface area contributed by atoms with Crippen molar-refractivity contribution in [1.29, 1.82) is 0 Å². The van der Waals surface area contributed by atoms with Gasteiger partial charge in [-0.1, -0.05) is 30.7 Å². The smallest absolute Gasteiger partial charge is 0.119 e. The molecule has 4 nitrogen and oxygen atoms in total. The summed E-state index contributed by atoms with van der Waals surface area (Å²) in [7, 11) is 0. The van der Waals surface area contributed by atoms with Crippen LogP contribution in [-0.2, 0) is 15.9 Å². The first kappa shape index (κ1) is 21.8. The number of benzene rings is 2. The van der Waals surface area contributed by atoms with Crippen LogP contribution in [-0.4, -0.2) is 44.2 Å². The standard InChI is InChI=1S/C28H38N2O2/c1-27(2)25-9-4-5-10-26(25)28(32-27)15-20-30(21-16-28)23-11-13-24(14-12-23)31-22-8-19-29-17-6-3-7-18-29/h4-5,9-14H,3,6-8,15-22H2,1-2H3. The van der Waals surface area contributed by atoms with E-state index in [0.717, 1.165) is 51.3 Å². The maximum absolute atomic E-state index is 6.70. The maximum atomic E-state index is 6.70. The van der Waals surface area contributed by atoms with Crippen molar-refractivity contribution in [2.24, 2.45) is 0 Å². The molecule has 2 aromatic carbocycles. The van der Waals surface area contributed by atoms with Crippen molar-refractivity contribution in [1.82, 2.24) is 4.90 Å². The average Bonchev–Trinajstić information content (AvgIpc) is 3.05. The molecular formula is C28H38N2O2. The van der Waals surface area contributed by atoms with E-state index in [-0.39, 0.29) is 11.2 Å². The summed E-state index contributed by atoms with van der Waals surface area (Å²) in [5, 5.41) is 0. The number of hydrogen-bond acceptors (Lipinski definition) is 4. The lowest BCUT2D eigenvalue weighted by atomic mass is 9.82. The quantitative estimate of drug-likeness (QED) is 0.544. The number of anilines is 1. The fourth-order valence-corrected chi connectivity index (χ4v) is 5.92. The second-order valence-electron chi connectivity index (χ2n) is 10.2. The lowest BCUT2D eigenvalue weighted by Gasteiger charge is -2.41. The molecule has 0 aromatic heterocycles. The molecule has 5 rings (SSSR count). The van der Waals surface area contributed by atoms with E-state index in [1.807, 2.05) is 0 Å². The molecule has 4 heteroatoms. The number of fused-ring (bicyclic) bond motifs is 2. The summed E-state index contributed by atoms with van der Waals surface area (Å²) in [6.07, 6.45) is 7.28. The van der Waals surface area contributed by atoms with Crippen molar-refractivity contribution in [3.8, 4) is 5.75 Å². The van der Waals surface area contributed by atoms with Crippen LogP contribution in [0.5, 0.6) is 5.75 Å². The van der Waals surface area contributed by atoms with E-state index in [0.29, 0.717) is 0 Å². The Morgan fingerprint density at radius 3 is 2.25 bits per heavy atom. The summed E-state index contributed by atoms with van der Waals surface area (Å²) in [5.41, 5.74) is 3.71. The van der Waals surface area contributed by atoms with Gasteiger partial charge in [-0.2, -0.15) is 0 Å². The molecule has 0 unspecified atom stereocenters. The van der Waals surface area contributed by atoms with Crippen molar-refractivity contribution in [3.63, 3.8) is 0 Å². The van der Waals surface area contributed by atoms with Crippen LogP contribution in [0, 0.1) is 0 Å². The summed E-state index contributed by atoms with van der Waals surface area (Å²) in [5.74, 6) is 0.982. The van der Waals surface area contributed by atoms with Gasteiger partial charge in [0.25, 0.3) is 0 Å². The maximum Gasteiger partial charge on any atom is 0.119 e. The Kier molecular flexibility index (Phi) is 6.18. The molecule has 1 spiro atoms. The first-order chi connectivity index (χ1) is 15.6. The van der Waals surface area contributed by atoms with E-state index >= 15 is 0 Å². The Balaban J connectivity index is 1.13. The van der Waals surface area contributed by atoms with Crippen LogP contribution in [0.25, 0.3) is 0 Å². The average molecular weight is 435 g/mol. The minimum absolute atomic E-state index is 0.131. The van der Waals surface area contributed by atoms with Gasteiger partial charge in [-0.05, 0) is 94.4 Å². The molecule has 172 valence electrons. The van der Waals surface area contributed by atoms with Gasteiger partial charge in [-0.25, -0.2) is 0 Å². The van der Waals surface area contributed by atoms with Crippen molar-refractivity contribution in [2.45, 2.75) is 63.6 Å². The number of ether oxygens (including phenoxy) is 2. The van der Waals surface area contributed by atoms with Gasteiger partial charge < -0.3 is 19.3 Å². The van der Waals surface area contributed by atoms with Gasteiger partial charge in [0, 0.05) is 25.3 Å². The third kappa shape index (κ3) is 4.40. The van der Waals surface area contributed by atoms with E-state index in [9.17, 15) is 0 Å². The SMILES string of the molecule is CC1(C)OC2(CCN(c3ccc(OCCCN4CCCCC4)cc3)CC2)c2ccccc21. The highest BCUT2D eigenvalue weighted by Gasteiger charge is 2.49. The van der Waals surface area contributed by atoms with Gasteiger partial charge in [-0.15, -0.1) is 0 Å². The molecule has 32 heavy (non-hydrogen) atoms. The molecule has 0 aliphatic carbocycles. The van der Waals surface area contributed by atoms with E-state index in [1.54, 1.807) is 0 Å². The Bertz CT molecular complexity index is 894. The summed E-state index contributed by atoms with van der Waals surface area (Å²) in [6.45, 7) is 10.9. The van der Waals surface area contributed by atoms with Gasteiger partial charge in [0.1, 0.15) is 5.75 Å². The lowest BCUT2D eigenvalue weighted by molar-refractivity contribution is -0.136. The summed E-state index contributed by atoms with van der Waals surface area (Å²) in [4.78, 5) is 5.06. The zero-order valence-corrected chi connectivity index (χ0v) is 19.8. The fourth-order valence-electron chi connectivity index (χ4n) is 5.92. The van der Waals surface area contributed by atoms with Gasteiger partial charge >= 0.3 is 0 Å². The highest BCUT2D eigenvalue weighted by atomic mass is 16.5. The first-order valence-corrected chi connectivity index (χ1v) is 12.6. The second kappa shape index (κ2) is 9.07. The minimum Gasteiger partial charge on any atom is -0.494 e. The molecule has 3 aliphatic heterocycles. The Morgan fingerprint density at radius 1 is 0.844 bits per heavy atom. The number of piperidine rings is 2. The summed E-state index contributed by atoms with van der Waals surface area (Å²) >= 11 is 0. The Morgan fingerprint density at radius 2 is 1.53 bits per heavy atom. The molecular weight excluding hydrogens is 396 g/mol. The fraction of sp³-hybridized carbons (Fsp3) is 0.571. The molecule has 0 radical (unpaired) electrons. The molecule has 2 aromatic rings. The molecule has 2 saturated heterocycles. The van der Waals surface area contributed by atoms with Gasteiger partial charge in [-0.3, -0.25) is 0 Å². The van der Waals surface area contributed by atoms with Crippen LogP contribution in [0.4, 0.5) is 5.69 Å². The van der Waals surface area contributed by atoms with E-state index < -0.39 is 0 Å².